The molecule has 0 nitrogen and oxygen atoms in total. The van der Waals surface area contributed by atoms with Crippen molar-refractivity contribution in [1.29, 1.82) is 0 Å². The molecule has 3 rings (SSSR count). The van der Waals surface area contributed by atoms with Crippen molar-refractivity contribution in [2.75, 3.05) is 0 Å². The summed E-state index contributed by atoms with van der Waals surface area (Å²) in [4.78, 5) is 0. The Morgan fingerprint density at radius 2 is 1.30 bits per heavy atom. The number of hydrogen-bond donors (Lipinski definition) is 0. The molecule has 0 radical (unpaired) electrons. The second kappa shape index (κ2) is 5.92. The first-order valence-electron chi connectivity index (χ1n) is 7.27. The molecule has 2 aromatic rings. The largest absolute Gasteiger partial charge is 0.0690 e. The van der Waals surface area contributed by atoms with Crippen LogP contribution in [0.3, 0.4) is 0 Å². The van der Waals surface area contributed by atoms with Crippen LogP contribution in [-0.4, -0.2) is 0 Å². The minimum Gasteiger partial charge on any atom is -0.0690 e. The molecular formula is C20H20. The van der Waals surface area contributed by atoms with Gasteiger partial charge in [-0.15, -0.1) is 0 Å². The molecule has 0 N–H and O–H groups in total. The Labute approximate surface area is 121 Å². The first kappa shape index (κ1) is 12.9. The van der Waals surface area contributed by atoms with Crippen LogP contribution in [0.4, 0.5) is 0 Å². The highest BCUT2D eigenvalue weighted by molar-refractivity contribution is 5.43. The quantitative estimate of drug-likeness (QED) is 0.716. The van der Waals surface area contributed by atoms with E-state index in [0.29, 0.717) is 0 Å². The van der Waals surface area contributed by atoms with Gasteiger partial charge in [-0.2, -0.15) is 0 Å². The molecule has 1 aliphatic carbocycles. The lowest BCUT2D eigenvalue weighted by Crippen LogP contribution is -1.94. The summed E-state index contributed by atoms with van der Waals surface area (Å²) in [6.45, 7) is 2.24. The third-order valence-corrected chi connectivity index (χ3v) is 3.86. The summed E-state index contributed by atoms with van der Waals surface area (Å²) >= 11 is 0. The summed E-state index contributed by atoms with van der Waals surface area (Å²) < 4.78 is 0. The zero-order valence-electron chi connectivity index (χ0n) is 12.0. The van der Waals surface area contributed by atoms with Gasteiger partial charge in [0, 0.05) is 0 Å². The third-order valence-electron chi connectivity index (χ3n) is 3.86. The van der Waals surface area contributed by atoms with E-state index in [0.717, 1.165) is 19.3 Å². The molecule has 0 spiro atoms. The molecule has 0 saturated heterocycles. The molecule has 2 aromatic carbocycles. The first-order valence-corrected chi connectivity index (χ1v) is 7.27. The Morgan fingerprint density at radius 1 is 0.750 bits per heavy atom. The van der Waals surface area contributed by atoms with Gasteiger partial charge in [-0.25, -0.2) is 0 Å². The molecular weight excluding hydrogens is 240 g/mol. The lowest BCUT2D eigenvalue weighted by molar-refractivity contribution is 1.01. The fourth-order valence-electron chi connectivity index (χ4n) is 2.91. The average molecular weight is 260 g/mol. The van der Waals surface area contributed by atoms with Gasteiger partial charge in [-0.3, -0.25) is 0 Å². The van der Waals surface area contributed by atoms with Crippen molar-refractivity contribution in [3.8, 4) is 0 Å². The molecule has 1 aliphatic rings. The van der Waals surface area contributed by atoms with Crippen molar-refractivity contribution in [1.82, 2.24) is 0 Å². The smallest absolute Gasteiger partial charge is 0.00260 e. The maximum Gasteiger partial charge on any atom is -0.00260 e. The molecule has 0 heteroatoms. The molecule has 0 saturated carbocycles. The van der Waals surface area contributed by atoms with Crippen LogP contribution in [0, 0.1) is 0 Å². The SMILES string of the molecule is CC1=CC(Cc2ccccc2)=C(Cc2ccccc2)C1. The predicted octanol–water partition coefficient (Wildman–Crippen LogP) is 5.12. The van der Waals surface area contributed by atoms with Gasteiger partial charge >= 0.3 is 0 Å². The lowest BCUT2D eigenvalue weighted by atomic mass is 9.97. The van der Waals surface area contributed by atoms with Crippen molar-refractivity contribution in [2.24, 2.45) is 0 Å². The van der Waals surface area contributed by atoms with Gasteiger partial charge in [0.25, 0.3) is 0 Å². The van der Waals surface area contributed by atoms with Gasteiger partial charge in [0.05, 0.1) is 0 Å². The summed E-state index contributed by atoms with van der Waals surface area (Å²) in [6.07, 6.45) is 5.65. The van der Waals surface area contributed by atoms with Gasteiger partial charge in [0.1, 0.15) is 0 Å². The van der Waals surface area contributed by atoms with Crippen LogP contribution in [0.5, 0.6) is 0 Å². The van der Waals surface area contributed by atoms with Gasteiger partial charge in [-0.1, -0.05) is 77.9 Å². The maximum absolute atomic E-state index is 2.38. The first-order chi connectivity index (χ1) is 9.81. The fourth-order valence-corrected chi connectivity index (χ4v) is 2.91. The Hall–Kier alpha value is -2.08. The Morgan fingerprint density at radius 3 is 1.90 bits per heavy atom. The summed E-state index contributed by atoms with van der Waals surface area (Å²) in [7, 11) is 0. The van der Waals surface area contributed by atoms with Crippen LogP contribution in [-0.2, 0) is 12.8 Å². The van der Waals surface area contributed by atoms with Crippen LogP contribution in [0.25, 0.3) is 0 Å². The van der Waals surface area contributed by atoms with E-state index in [1.54, 1.807) is 5.57 Å². The average Bonchev–Trinajstić information content (AvgIpc) is 2.81. The Bertz CT molecular complexity index is 630. The van der Waals surface area contributed by atoms with Crippen LogP contribution >= 0.6 is 0 Å². The number of allylic oxidation sites excluding steroid dienone is 4. The minimum absolute atomic E-state index is 1.06. The van der Waals surface area contributed by atoms with Crippen molar-refractivity contribution < 1.29 is 0 Å². The predicted molar refractivity (Wildman–Crippen MR) is 85.7 cm³/mol. The van der Waals surface area contributed by atoms with E-state index in [2.05, 4.69) is 73.7 Å². The second-order valence-corrected chi connectivity index (χ2v) is 5.62. The zero-order chi connectivity index (χ0) is 13.8. The van der Waals surface area contributed by atoms with Gasteiger partial charge in [-0.05, 0) is 42.9 Å². The van der Waals surface area contributed by atoms with E-state index in [-0.39, 0.29) is 0 Å². The summed E-state index contributed by atoms with van der Waals surface area (Å²) in [5.74, 6) is 0. The van der Waals surface area contributed by atoms with Crippen molar-refractivity contribution in [3.05, 3.63) is 94.6 Å². The summed E-state index contributed by atoms with van der Waals surface area (Å²) in [6, 6.07) is 21.5. The molecule has 0 atom stereocenters. The number of benzene rings is 2. The van der Waals surface area contributed by atoms with Crippen molar-refractivity contribution >= 4 is 0 Å². The van der Waals surface area contributed by atoms with E-state index in [1.165, 1.54) is 22.3 Å². The van der Waals surface area contributed by atoms with Gasteiger partial charge < -0.3 is 0 Å². The molecule has 0 bridgehead atoms. The monoisotopic (exact) mass is 260 g/mol. The van der Waals surface area contributed by atoms with E-state index in [1.807, 2.05) is 0 Å². The van der Waals surface area contributed by atoms with Crippen LogP contribution in [0.1, 0.15) is 24.5 Å². The van der Waals surface area contributed by atoms with Gasteiger partial charge in [0.2, 0.25) is 0 Å². The minimum atomic E-state index is 1.06. The summed E-state index contributed by atoms with van der Waals surface area (Å²) in [5, 5.41) is 0. The molecule has 0 aromatic heterocycles. The second-order valence-electron chi connectivity index (χ2n) is 5.62. The molecule has 0 fully saturated rings. The zero-order valence-corrected chi connectivity index (χ0v) is 12.0. The Kier molecular flexibility index (Phi) is 3.83. The lowest BCUT2D eigenvalue weighted by Gasteiger charge is -2.08. The van der Waals surface area contributed by atoms with Crippen LogP contribution in [0.15, 0.2) is 83.5 Å². The van der Waals surface area contributed by atoms with E-state index in [9.17, 15) is 0 Å². The van der Waals surface area contributed by atoms with Crippen molar-refractivity contribution in [2.45, 2.75) is 26.2 Å². The Balaban J connectivity index is 1.82. The standard InChI is InChI=1S/C20H20/c1-16-12-19(14-17-8-4-2-5-9-17)20(13-16)15-18-10-6-3-7-11-18/h2-12H,13-15H2,1H3. The van der Waals surface area contributed by atoms with Crippen LogP contribution < -0.4 is 0 Å². The van der Waals surface area contributed by atoms with E-state index >= 15 is 0 Å². The van der Waals surface area contributed by atoms with Gasteiger partial charge in [0.15, 0.2) is 0 Å². The highest BCUT2D eigenvalue weighted by atomic mass is 14.2. The van der Waals surface area contributed by atoms with Crippen LogP contribution in [0.2, 0.25) is 0 Å². The number of rotatable bonds is 4. The fraction of sp³-hybridized carbons (Fsp3) is 0.200. The highest BCUT2D eigenvalue weighted by Gasteiger charge is 2.14. The molecule has 20 heavy (non-hydrogen) atoms. The summed E-state index contributed by atoms with van der Waals surface area (Å²) in [5.41, 5.74) is 7.40. The topological polar surface area (TPSA) is 0 Å². The third kappa shape index (κ3) is 3.08. The van der Waals surface area contributed by atoms with Crippen molar-refractivity contribution in [3.63, 3.8) is 0 Å². The highest BCUT2D eigenvalue weighted by Crippen LogP contribution is 2.30. The molecule has 0 amide bonds. The molecule has 0 heterocycles. The van der Waals surface area contributed by atoms with E-state index in [4.69, 9.17) is 0 Å². The molecule has 0 unspecified atom stereocenters. The number of hydrogen-bond acceptors (Lipinski definition) is 0. The molecule has 100 valence electrons. The maximum atomic E-state index is 2.38. The molecule has 0 aliphatic heterocycles. The normalized spacial score (nSPS) is 14.6. The van der Waals surface area contributed by atoms with E-state index < -0.39 is 0 Å².